The Morgan fingerprint density at radius 3 is 2.21 bits per heavy atom. The minimum Gasteiger partial charge on any atom is -0.459 e. The average Bonchev–Trinajstić information content (AvgIpc) is 3.40. The van der Waals surface area contributed by atoms with Gasteiger partial charge in [-0.25, -0.2) is 0 Å². The molecule has 2 N–H and O–H groups in total. The molecule has 33 heavy (non-hydrogen) atoms. The van der Waals surface area contributed by atoms with Crippen molar-refractivity contribution in [2.45, 2.75) is 31.3 Å². The predicted octanol–water partition coefficient (Wildman–Crippen LogP) is 3.56. The van der Waals surface area contributed by atoms with Gasteiger partial charge in [0, 0.05) is 24.7 Å². The highest BCUT2D eigenvalue weighted by Gasteiger charge is 2.27. The summed E-state index contributed by atoms with van der Waals surface area (Å²) in [6, 6.07) is 21.3. The first-order chi connectivity index (χ1) is 16.1. The van der Waals surface area contributed by atoms with Crippen molar-refractivity contribution in [3.8, 4) is 0 Å². The molecule has 0 aliphatic carbocycles. The fourth-order valence-corrected chi connectivity index (χ4v) is 4.02. The van der Waals surface area contributed by atoms with Crippen molar-refractivity contribution >= 4 is 17.7 Å². The van der Waals surface area contributed by atoms with Crippen LogP contribution in [0.5, 0.6) is 0 Å². The zero-order valence-corrected chi connectivity index (χ0v) is 18.3. The van der Waals surface area contributed by atoms with E-state index in [0.29, 0.717) is 37.3 Å². The van der Waals surface area contributed by atoms with E-state index >= 15 is 0 Å². The lowest BCUT2D eigenvalue weighted by molar-refractivity contribution is -0.122. The smallest absolute Gasteiger partial charge is 0.289 e. The summed E-state index contributed by atoms with van der Waals surface area (Å²) >= 11 is 0. The minimum atomic E-state index is -0.445. The number of rotatable bonds is 7. The second-order valence-electron chi connectivity index (χ2n) is 8.12. The van der Waals surface area contributed by atoms with E-state index in [2.05, 4.69) is 10.6 Å². The molecule has 7 nitrogen and oxygen atoms in total. The number of hydrogen-bond acceptors (Lipinski definition) is 4. The van der Waals surface area contributed by atoms with E-state index in [1.165, 1.54) is 6.26 Å². The molecule has 0 radical (unpaired) electrons. The molecule has 1 atom stereocenters. The van der Waals surface area contributed by atoms with Gasteiger partial charge in [0.05, 0.1) is 18.7 Å². The number of amides is 3. The standard InChI is InChI=1S/C26H27N3O4/c30-24(27-21-13-15-29(16-14-21)26(32)23-12-7-17-33-23)18-22(19-8-3-1-4-9-19)28-25(31)20-10-5-2-6-11-20/h1-12,17,21-22H,13-16,18H2,(H,27,30)(H,28,31). The van der Waals surface area contributed by atoms with Crippen LogP contribution in [0.25, 0.3) is 0 Å². The average molecular weight is 446 g/mol. The molecule has 1 unspecified atom stereocenters. The van der Waals surface area contributed by atoms with E-state index in [4.69, 9.17) is 4.42 Å². The Balaban J connectivity index is 1.33. The summed E-state index contributed by atoms with van der Waals surface area (Å²) in [5.41, 5.74) is 1.42. The molecular formula is C26H27N3O4. The highest BCUT2D eigenvalue weighted by atomic mass is 16.3. The van der Waals surface area contributed by atoms with Crippen LogP contribution >= 0.6 is 0 Å². The molecule has 3 aromatic rings. The SMILES string of the molecule is O=C(CC(NC(=O)c1ccccc1)c1ccccc1)NC1CCN(C(=O)c2ccco2)CC1. The lowest BCUT2D eigenvalue weighted by Gasteiger charge is -2.32. The maximum atomic E-state index is 12.9. The van der Waals surface area contributed by atoms with Crippen LogP contribution in [0.3, 0.4) is 0 Å². The van der Waals surface area contributed by atoms with Gasteiger partial charge in [0.2, 0.25) is 5.91 Å². The number of carbonyl (C=O) groups excluding carboxylic acids is 3. The highest BCUT2D eigenvalue weighted by molar-refractivity contribution is 5.94. The van der Waals surface area contributed by atoms with Crippen molar-refractivity contribution in [3.63, 3.8) is 0 Å². The van der Waals surface area contributed by atoms with Crippen LogP contribution in [0.4, 0.5) is 0 Å². The summed E-state index contributed by atoms with van der Waals surface area (Å²) in [7, 11) is 0. The number of nitrogens with zero attached hydrogens (tertiary/aromatic N) is 1. The predicted molar refractivity (Wildman–Crippen MR) is 123 cm³/mol. The third kappa shape index (κ3) is 5.88. The zero-order chi connectivity index (χ0) is 23.0. The quantitative estimate of drug-likeness (QED) is 0.582. The Morgan fingerprint density at radius 2 is 1.58 bits per heavy atom. The van der Waals surface area contributed by atoms with Crippen LogP contribution in [0.2, 0.25) is 0 Å². The Kier molecular flexibility index (Phi) is 7.19. The van der Waals surface area contributed by atoms with Crippen LogP contribution in [-0.2, 0) is 4.79 Å². The van der Waals surface area contributed by atoms with Gasteiger partial charge in [-0.1, -0.05) is 48.5 Å². The van der Waals surface area contributed by atoms with Crippen LogP contribution in [0.15, 0.2) is 83.5 Å². The molecule has 0 bridgehead atoms. The van der Waals surface area contributed by atoms with Gasteiger partial charge in [-0.2, -0.15) is 0 Å². The van der Waals surface area contributed by atoms with Crippen LogP contribution in [-0.4, -0.2) is 41.8 Å². The highest BCUT2D eigenvalue weighted by Crippen LogP contribution is 2.19. The molecule has 3 amide bonds. The summed E-state index contributed by atoms with van der Waals surface area (Å²) < 4.78 is 5.19. The number of benzene rings is 2. The first-order valence-electron chi connectivity index (χ1n) is 11.1. The Morgan fingerprint density at radius 1 is 0.909 bits per heavy atom. The van der Waals surface area contributed by atoms with Crippen molar-refractivity contribution in [3.05, 3.63) is 95.9 Å². The molecule has 2 heterocycles. The summed E-state index contributed by atoms with van der Waals surface area (Å²) in [6.45, 7) is 1.11. The van der Waals surface area contributed by atoms with E-state index in [0.717, 1.165) is 5.56 Å². The van der Waals surface area contributed by atoms with Crippen molar-refractivity contribution in [1.29, 1.82) is 0 Å². The fraction of sp³-hybridized carbons (Fsp3) is 0.269. The first kappa shape index (κ1) is 22.3. The van der Waals surface area contributed by atoms with Gasteiger partial charge in [-0.05, 0) is 42.7 Å². The summed E-state index contributed by atoms with van der Waals surface area (Å²) in [6.07, 6.45) is 2.96. The molecule has 4 rings (SSSR count). The molecule has 7 heteroatoms. The van der Waals surface area contributed by atoms with Crippen molar-refractivity contribution in [2.75, 3.05) is 13.1 Å². The van der Waals surface area contributed by atoms with Gasteiger partial charge in [0.1, 0.15) is 0 Å². The molecule has 1 aliphatic rings. The summed E-state index contributed by atoms with van der Waals surface area (Å²) in [5.74, 6) is -0.148. The Bertz CT molecular complexity index is 1060. The third-order valence-corrected chi connectivity index (χ3v) is 5.81. The minimum absolute atomic E-state index is 0.0144. The molecular weight excluding hydrogens is 418 g/mol. The van der Waals surface area contributed by atoms with Crippen molar-refractivity contribution in [1.82, 2.24) is 15.5 Å². The van der Waals surface area contributed by atoms with Crippen LogP contribution < -0.4 is 10.6 Å². The van der Waals surface area contributed by atoms with Gasteiger partial charge >= 0.3 is 0 Å². The lowest BCUT2D eigenvalue weighted by atomic mass is 10.0. The Hall–Kier alpha value is -3.87. The van der Waals surface area contributed by atoms with E-state index in [9.17, 15) is 14.4 Å². The maximum Gasteiger partial charge on any atom is 0.289 e. The van der Waals surface area contributed by atoms with Crippen LogP contribution in [0, 0.1) is 0 Å². The van der Waals surface area contributed by atoms with Gasteiger partial charge in [0.25, 0.3) is 11.8 Å². The molecule has 1 fully saturated rings. The normalized spacial score (nSPS) is 15.0. The van der Waals surface area contributed by atoms with E-state index in [1.807, 2.05) is 48.5 Å². The Labute approximate surface area is 192 Å². The number of hydrogen-bond donors (Lipinski definition) is 2. The van der Waals surface area contributed by atoms with Crippen LogP contribution in [0.1, 0.15) is 51.8 Å². The molecule has 1 aliphatic heterocycles. The first-order valence-corrected chi connectivity index (χ1v) is 11.1. The molecule has 0 saturated carbocycles. The third-order valence-electron chi connectivity index (χ3n) is 5.81. The number of piperidine rings is 1. The van der Waals surface area contributed by atoms with E-state index in [-0.39, 0.29) is 30.2 Å². The number of furan rings is 1. The zero-order valence-electron chi connectivity index (χ0n) is 18.3. The molecule has 0 spiro atoms. The van der Waals surface area contributed by atoms with Gasteiger partial charge < -0.3 is 20.0 Å². The van der Waals surface area contributed by atoms with E-state index in [1.54, 1.807) is 29.2 Å². The lowest BCUT2D eigenvalue weighted by Crippen LogP contribution is -2.47. The monoisotopic (exact) mass is 445 g/mol. The second-order valence-corrected chi connectivity index (χ2v) is 8.12. The molecule has 1 aromatic heterocycles. The number of likely N-dealkylation sites (tertiary alicyclic amines) is 1. The van der Waals surface area contributed by atoms with E-state index < -0.39 is 6.04 Å². The summed E-state index contributed by atoms with van der Waals surface area (Å²) in [5, 5.41) is 6.07. The molecule has 170 valence electrons. The largest absolute Gasteiger partial charge is 0.459 e. The number of carbonyl (C=O) groups is 3. The second kappa shape index (κ2) is 10.6. The number of nitrogens with one attached hydrogen (secondary N) is 2. The summed E-state index contributed by atoms with van der Waals surface area (Å²) in [4.78, 5) is 39.7. The van der Waals surface area contributed by atoms with Crippen molar-refractivity contribution in [2.24, 2.45) is 0 Å². The molecule has 1 saturated heterocycles. The van der Waals surface area contributed by atoms with Gasteiger partial charge in [-0.3, -0.25) is 14.4 Å². The fourth-order valence-electron chi connectivity index (χ4n) is 4.02. The maximum absolute atomic E-state index is 12.9. The van der Waals surface area contributed by atoms with Gasteiger partial charge in [-0.15, -0.1) is 0 Å². The van der Waals surface area contributed by atoms with Gasteiger partial charge in [0.15, 0.2) is 5.76 Å². The molecule has 2 aromatic carbocycles. The topological polar surface area (TPSA) is 91.7 Å². The van der Waals surface area contributed by atoms with Crippen molar-refractivity contribution < 1.29 is 18.8 Å².